The van der Waals surface area contributed by atoms with Crippen molar-refractivity contribution in [3.63, 3.8) is 0 Å². The lowest BCUT2D eigenvalue weighted by atomic mass is 9.95. The smallest absolute Gasteiger partial charge is 0.303 e. The normalized spacial score (nSPS) is 24.1. The molecule has 1 N–H and O–H groups in total. The van der Waals surface area contributed by atoms with Gasteiger partial charge in [0, 0.05) is 12.5 Å². The molecule has 0 spiro atoms. The first kappa shape index (κ1) is 12.5. The van der Waals surface area contributed by atoms with Gasteiger partial charge in [-0.1, -0.05) is 0 Å². The highest BCUT2D eigenvalue weighted by Crippen LogP contribution is 2.22. The predicted molar refractivity (Wildman–Crippen MR) is 60.9 cm³/mol. The van der Waals surface area contributed by atoms with Crippen LogP contribution < -0.4 is 0 Å². The molecule has 0 aromatic heterocycles. The van der Waals surface area contributed by atoms with Crippen LogP contribution in [-0.4, -0.2) is 35.1 Å². The van der Waals surface area contributed by atoms with Crippen LogP contribution in [0.1, 0.15) is 46.0 Å². The molecule has 1 heterocycles. The van der Waals surface area contributed by atoms with E-state index in [2.05, 4.69) is 18.7 Å². The molecule has 1 rings (SSSR count). The van der Waals surface area contributed by atoms with E-state index in [4.69, 9.17) is 5.11 Å². The average Bonchev–Trinajstić information content (AvgIpc) is 2.39. The van der Waals surface area contributed by atoms with Crippen molar-refractivity contribution in [3.05, 3.63) is 0 Å². The lowest BCUT2D eigenvalue weighted by Crippen LogP contribution is -2.31. The van der Waals surface area contributed by atoms with Gasteiger partial charge in [-0.05, 0) is 58.5 Å². The molecule has 3 nitrogen and oxygen atoms in total. The molecule has 3 heteroatoms. The van der Waals surface area contributed by atoms with Gasteiger partial charge in [-0.2, -0.15) is 0 Å². The van der Waals surface area contributed by atoms with Crippen LogP contribution in [0.25, 0.3) is 0 Å². The van der Waals surface area contributed by atoms with Crippen LogP contribution in [0.4, 0.5) is 0 Å². The Morgan fingerprint density at radius 1 is 1.40 bits per heavy atom. The molecular formula is C12H23NO2. The van der Waals surface area contributed by atoms with Gasteiger partial charge in [-0.15, -0.1) is 0 Å². The first-order valence-electron chi connectivity index (χ1n) is 6.05. The van der Waals surface area contributed by atoms with Crippen LogP contribution in [0.2, 0.25) is 0 Å². The first-order chi connectivity index (χ1) is 7.09. The van der Waals surface area contributed by atoms with Crippen molar-refractivity contribution >= 4 is 5.97 Å². The molecule has 0 bridgehead atoms. The fourth-order valence-corrected chi connectivity index (χ4v) is 2.32. The number of carboxylic acid groups (broad SMARTS) is 1. The van der Waals surface area contributed by atoms with E-state index in [-0.39, 0.29) is 0 Å². The third-order valence-corrected chi connectivity index (χ3v) is 3.38. The molecule has 88 valence electrons. The molecule has 0 aromatic rings. The summed E-state index contributed by atoms with van der Waals surface area (Å²) in [5.41, 5.74) is 0. The summed E-state index contributed by atoms with van der Waals surface area (Å²) < 4.78 is 0. The Morgan fingerprint density at radius 2 is 2.13 bits per heavy atom. The van der Waals surface area contributed by atoms with Crippen molar-refractivity contribution in [2.75, 3.05) is 13.1 Å². The van der Waals surface area contributed by atoms with E-state index >= 15 is 0 Å². The monoisotopic (exact) mass is 213 g/mol. The van der Waals surface area contributed by atoms with E-state index in [0.29, 0.717) is 18.4 Å². The maximum absolute atomic E-state index is 10.5. The summed E-state index contributed by atoms with van der Waals surface area (Å²) in [6.45, 7) is 6.79. The average molecular weight is 213 g/mol. The van der Waals surface area contributed by atoms with Crippen molar-refractivity contribution in [1.82, 2.24) is 4.90 Å². The number of nitrogens with zero attached hydrogens (tertiary/aromatic N) is 1. The largest absolute Gasteiger partial charge is 0.481 e. The summed E-state index contributed by atoms with van der Waals surface area (Å²) in [5.74, 6) is -0.0233. The molecule has 1 atom stereocenters. The highest BCUT2D eigenvalue weighted by molar-refractivity contribution is 5.66. The fraction of sp³-hybridized carbons (Fsp3) is 0.917. The Kier molecular flexibility index (Phi) is 5.09. The number of carbonyl (C=O) groups is 1. The van der Waals surface area contributed by atoms with Crippen LogP contribution in [0.15, 0.2) is 0 Å². The van der Waals surface area contributed by atoms with Crippen molar-refractivity contribution in [3.8, 4) is 0 Å². The lowest BCUT2D eigenvalue weighted by molar-refractivity contribution is -0.137. The highest BCUT2D eigenvalue weighted by atomic mass is 16.4. The molecule has 1 fully saturated rings. The summed E-state index contributed by atoms with van der Waals surface area (Å²) >= 11 is 0. The Labute approximate surface area is 92.5 Å². The van der Waals surface area contributed by atoms with Gasteiger partial charge in [0.15, 0.2) is 0 Å². The van der Waals surface area contributed by atoms with E-state index < -0.39 is 5.97 Å². The second-order valence-electron chi connectivity index (χ2n) is 4.86. The second-order valence-corrected chi connectivity index (χ2v) is 4.86. The molecule has 0 aliphatic carbocycles. The van der Waals surface area contributed by atoms with E-state index in [1.165, 1.54) is 25.8 Å². The summed E-state index contributed by atoms with van der Waals surface area (Å²) in [6, 6.07) is 0.628. The van der Waals surface area contributed by atoms with Gasteiger partial charge in [-0.25, -0.2) is 0 Å². The zero-order chi connectivity index (χ0) is 11.3. The molecule has 1 saturated heterocycles. The maximum Gasteiger partial charge on any atom is 0.303 e. The van der Waals surface area contributed by atoms with Gasteiger partial charge in [0.2, 0.25) is 0 Å². The number of rotatable bonds is 4. The van der Waals surface area contributed by atoms with Crippen molar-refractivity contribution in [2.24, 2.45) is 5.92 Å². The molecule has 15 heavy (non-hydrogen) atoms. The van der Waals surface area contributed by atoms with Crippen LogP contribution in [0, 0.1) is 5.92 Å². The van der Waals surface area contributed by atoms with E-state index in [0.717, 1.165) is 13.0 Å². The van der Waals surface area contributed by atoms with Crippen LogP contribution >= 0.6 is 0 Å². The zero-order valence-electron chi connectivity index (χ0n) is 9.91. The minimum Gasteiger partial charge on any atom is -0.481 e. The number of likely N-dealkylation sites (tertiary alicyclic amines) is 1. The fourth-order valence-electron chi connectivity index (χ4n) is 2.32. The van der Waals surface area contributed by atoms with E-state index in [1.807, 2.05) is 0 Å². The molecule has 0 radical (unpaired) electrons. The van der Waals surface area contributed by atoms with Gasteiger partial charge in [-0.3, -0.25) is 4.79 Å². The molecule has 0 aromatic carbocycles. The molecule has 1 unspecified atom stereocenters. The zero-order valence-corrected chi connectivity index (χ0v) is 9.91. The third-order valence-electron chi connectivity index (χ3n) is 3.38. The summed E-state index contributed by atoms with van der Waals surface area (Å²) in [7, 11) is 0. The molecule has 1 aliphatic heterocycles. The molecular weight excluding hydrogens is 190 g/mol. The molecule has 0 amide bonds. The Morgan fingerprint density at radius 3 is 2.73 bits per heavy atom. The standard InChI is InChI=1S/C12H23NO2/c1-10(2)13-8-3-4-11(7-9-13)5-6-12(14)15/h10-11H,3-9H2,1-2H3,(H,14,15). The van der Waals surface area contributed by atoms with Crippen molar-refractivity contribution in [2.45, 2.75) is 52.0 Å². The summed E-state index contributed by atoms with van der Waals surface area (Å²) in [6.07, 6.45) is 4.80. The Balaban J connectivity index is 2.29. The minimum atomic E-state index is -0.653. The van der Waals surface area contributed by atoms with E-state index in [9.17, 15) is 4.79 Å². The first-order valence-corrected chi connectivity index (χ1v) is 6.05. The van der Waals surface area contributed by atoms with Crippen LogP contribution in [0.5, 0.6) is 0 Å². The van der Waals surface area contributed by atoms with Gasteiger partial charge in [0.05, 0.1) is 0 Å². The minimum absolute atomic E-state index is 0.340. The summed E-state index contributed by atoms with van der Waals surface area (Å²) in [5, 5.41) is 8.64. The highest BCUT2D eigenvalue weighted by Gasteiger charge is 2.18. The third kappa shape index (κ3) is 4.65. The topological polar surface area (TPSA) is 40.5 Å². The SMILES string of the molecule is CC(C)N1CCCC(CCC(=O)O)CC1. The van der Waals surface area contributed by atoms with Gasteiger partial charge in [0.1, 0.15) is 0 Å². The number of hydrogen-bond donors (Lipinski definition) is 1. The number of carboxylic acids is 1. The number of hydrogen-bond acceptors (Lipinski definition) is 2. The summed E-state index contributed by atoms with van der Waals surface area (Å²) in [4.78, 5) is 13.0. The van der Waals surface area contributed by atoms with Crippen LogP contribution in [-0.2, 0) is 4.79 Å². The van der Waals surface area contributed by atoms with Crippen molar-refractivity contribution < 1.29 is 9.90 Å². The van der Waals surface area contributed by atoms with Gasteiger partial charge in [0.25, 0.3) is 0 Å². The van der Waals surface area contributed by atoms with Gasteiger partial charge < -0.3 is 10.0 Å². The Hall–Kier alpha value is -0.570. The quantitative estimate of drug-likeness (QED) is 0.779. The molecule has 0 saturated carbocycles. The Bertz CT molecular complexity index is 204. The molecule has 1 aliphatic rings. The van der Waals surface area contributed by atoms with Gasteiger partial charge >= 0.3 is 5.97 Å². The van der Waals surface area contributed by atoms with E-state index in [1.54, 1.807) is 0 Å². The van der Waals surface area contributed by atoms with Crippen LogP contribution in [0.3, 0.4) is 0 Å². The second kappa shape index (κ2) is 6.11. The number of aliphatic carboxylic acids is 1. The van der Waals surface area contributed by atoms with Crippen molar-refractivity contribution in [1.29, 1.82) is 0 Å². The predicted octanol–water partition coefficient (Wildman–Crippen LogP) is 2.36. The lowest BCUT2D eigenvalue weighted by Gasteiger charge is -2.24. The maximum atomic E-state index is 10.5.